The minimum Gasteiger partial charge on any atom is -0.335 e. The van der Waals surface area contributed by atoms with Crippen molar-refractivity contribution in [2.75, 3.05) is 26.2 Å². The summed E-state index contributed by atoms with van der Waals surface area (Å²) in [7, 11) is -3.57. The first-order valence-corrected chi connectivity index (χ1v) is 10.9. The summed E-state index contributed by atoms with van der Waals surface area (Å²) in [4.78, 5) is 14.7. The van der Waals surface area contributed by atoms with Crippen LogP contribution in [0.3, 0.4) is 0 Å². The van der Waals surface area contributed by atoms with Crippen molar-refractivity contribution in [2.45, 2.75) is 17.7 Å². The lowest BCUT2D eigenvalue weighted by Crippen LogP contribution is -2.44. The molecule has 1 amide bonds. The van der Waals surface area contributed by atoms with E-state index in [9.17, 15) is 13.2 Å². The van der Waals surface area contributed by atoms with Crippen LogP contribution >= 0.6 is 0 Å². The van der Waals surface area contributed by atoms with Gasteiger partial charge in [-0.05, 0) is 35.7 Å². The molecule has 3 rings (SSSR count). The normalized spacial score (nSPS) is 16.0. The van der Waals surface area contributed by atoms with Crippen molar-refractivity contribution in [2.24, 2.45) is 5.92 Å². The number of amides is 1. The molecule has 1 saturated heterocycles. The van der Waals surface area contributed by atoms with Gasteiger partial charge in [-0.25, -0.2) is 8.42 Å². The summed E-state index contributed by atoms with van der Waals surface area (Å²) in [6, 6.07) is 12.9. The van der Waals surface area contributed by atoms with Crippen LogP contribution in [0, 0.1) is 5.92 Å². The summed E-state index contributed by atoms with van der Waals surface area (Å²) in [5, 5.41) is 1.91. The number of carbonyl (C=O) groups is 1. The molecule has 28 heavy (non-hydrogen) atoms. The standard InChI is InChI=1S/C22H26N2O3S/c1-3-13-23(14-4-2)22(25)19-11-15-24(16-12-19)28(26,27)21-10-9-18-7-5-6-8-20(18)17-21/h3-10,17,19H,1-2,11-16H2. The van der Waals surface area contributed by atoms with Gasteiger partial charge in [0.1, 0.15) is 0 Å². The van der Waals surface area contributed by atoms with Gasteiger partial charge in [0.2, 0.25) is 15.9 Å². The molecule has 0 N–H and O–H groups in total. The Morgan fingerprint density at radius 3 is 2.25 bits per heavy atom. The number of hydrogen-bond donors (Lipinski definition) is 0. The molecular formula is C22H26N2O3S. The number of benzene rings is 2. The number of nitrogens with zero attached hydrogens (tertiary/aromatic N) is 2. The Kier molecular flexibility index (Phi) is 6.31. The van der Waals surface area contributed by atoms with E-state index in [0.29, 0.717) is 43.9 Å². The molecule has 1 heterocycles. The number of carbonyl (C=O) groups excluding carboxylic acids is 1. The van der Waals surface area contributed by atoms with Gasteiger partial charge in [0, 0.05) is 32.1 Å². The summed E-state index contributed by atoms with van der Waals surface area (Å²) in [5.41, 5.74) is 0. The first-order chi connectivity index (χ1) is 13.5. The number of hydrogen-bond acceptors (Lipinski definition) is 3. The highest BCUT2D eigenvalue weighted by atomic mass is 32.2. The lowest BCUT2D eigenvalue weighted by Gasteiger charge is -2.33. The first kappa shape index (κ1) is 20.3. The minimum atomic E-state index is -3.57. The molecule has 1 fully saturated rings. The maximum Gasteiger partial charge on any atom is 0.243 e. The Morgan fingerprint density at radius 2 is 1.64 bits per heavy atom. The van der Waals surface area contributed by atoms with Crippen molar-refractivity contribution in [3.8, 4) is 0 Å². The van der Waals surface area contributed by atoms with Crippen LogP contribution in [0.5, 0.6) is 0 Å². The highest BCUT2D eigenvalue weighted by Gasteiger charge is 2.33. The average Bonchev–Trinajstić information content (AvgIpc) is 2.73. The molecule has 1 aliphatic rings. The van der Waals surface area contributed by atoms with Crippen LogP contribution in [-0.2, 0) is 14.8 Å². The monoisotopic (exact) mass is 398 g/mol. The van der Waals surface area contributed by atoms with E-state index in [0.717, 1.165) is 10.8 Å². The molecule has 0 bridgehead atoms. The summed E-state index contributed by atoms with van der Waals surface area (Å²) in [6.45, 7) is 9.03. The van der Waals surface area contributed by atoms with Gasteiger partial charge < -0.3 is 4.90 Å². The molecule has 0 aliphatic carbocycles. The zero-order chi connectivity index (χ0) is 20.1. The molecule has 0 atom stereocenters. The van der Waals surface area contributed by atoms with Gasteiger partial charge in [0.25, 0.3) is 0 Å². The van der Waals surface area contributed by atoms with Crippen LogP contribution in [0.25, 0.3) is 10.8 Å². The van der Waals surface area contributed by atoms with Crippen LogP contribution in [0.15, 0.2) is 72.7 Å². The Labute approximate surface area is 167 Å². The molecule has 0 unspecified atom stereocenters. The Balaban J connectivity index is 1.71. The van der Waals surface area contributed by atoms with Gasteiger partial charge in [-0.2, -0.15) is 4.31 Å². The fourth-order valence-corrected chi connectivity index (χ4v) is 5.15. The second-order valence-electron chi connectivity index (χ2n) is 7.01. The van der Waals surface area contributed by atoms with Crippen molar-refractivity contribution < 1.29 is 13.2 Å². The zero-order valence-electron chi connectivity index (χ0n) is 16.0. The maximum absolute atomic E-state index is 13.1. The van der Waals surface area contributed by atoms with Crippen LogP contribution in [0.4, 0.5) is 0 Å². The lowest BCUT2D eigenvalue weighted by atomic mass is 9.96. The fraction of sp³-hybridized carbons (Fsp3) is 0.318. The number of piperidine rings is 1. The van der Waals surface area contributed by atoms with E-state index in [1.54, 1.807) is 29.2 Å². The molecule has 148 valence electrons. The van der Waals surface area contributed by atoms with Crippen molar-refractivity contribution in [3.05, 3.63) is 67.8 Å². The topological polar surface area (TPSA) is 57.7 Å². The molecule has 0 spiro atoms. The lowest BCUT2D eigenvalue weighted by molar-refractivity contribution is -0.135. The fourth-order valence-electron chi connectivity index (χ4n) is 3.64. The molecule has 2 aromatic rings. The summed E-state index contributed by atoms with van der Waals surface area (Å²) < 4.78 is 27.6. The van der Waals surface area contributed by atoms with E-state index in [-0.39, 0.29) is 11.8 Å². The van der Waals surface area contributed by atoms with Crippen molar-refractivity contribution >= 4 is 26.7 Å². The third-order valence-electron chi connectivity index (χ3n) is 5.17. The van der Waals surface area contributed by atoms with Crippen LogP contribution in [0.1, 0.15) is 12.8 Å². The summed E-state index contributed by atoms with van der Waals surface area (Å²) in [6.07, 6.45) is 4.44. The number of fused-ring (bicyclic) bond motifs is 1. The van der Waals surface area contributed by atoms with E-state index < -0.39 is 10.0 Å². The third-order valence-corrected chi connectivity index (χ3v) is 7.07. The van der Waals surface area contributed by atoms with Gasteiger partial charge in [0.05, 0.1) is 4.90 Å². The smallest absolute Gasteiger partial charge is 0.243 e. The van der Waals surface area contributed by atoms with E-state index in [1.807, 2.05) is 30.3 Å². The second-order valence-corrected chi connectivity index (χ2v) is 8.95. The highest BCUT2D eigenvalue weighted by Crippen LogP contribution is 2.27. The van der Waals surface area contributed by atoms with E-state index >= 15 is 0 Å². The predicted octanol–water partition coefficient (Wildman–Crippen LogP) is 3.44. The van der Waals surface area contributed by atoms with Crippen molar-refractivity contribution in [3.63, 3.8) is 0 Å². The van der Waals surface area contributed by atoms with Gasteiger partial charge in [-0.1, -0.05) is 42.5 Å². The van der Waals surface area contributed by atoms with Crippen LogP contribution in [0.2, 0.25) is 0 Å². The molecule has 0 radical (unpaired) electrons. The van der Waals surface area contributed by atoms with Crippen molar-refractivity contribution in [1.29, 1.82) is 0 Å². The summed E-state index contributed by atoms with van der Waals surface area (Å²) >= 11 is 0. The molecule has 2 aromatic carbocycles. The molecule has 6 heteroatoms. The summed E-state index contributed by atoms with van der Waals surface area (Å²) in [5.74, 6) is -0.120. The van der Waals surface area contributed by atoms with Gasteiger partial charge in [-0.3, -0.25) is 4.79 Å². The second kappa shape index (κ2) is 8.71. The maximum atomic E-state index is 13.1. The quantitative estimate of drug-likeness (QED) is 0.672. The van der Waals surface area contributed by atoms with E-state index in [1.165, 1.54) is 4.31 Å². The SMILES string of the molecule is C=CCN(CC=C)C(=O)C1CCN(S(=O)(=O)c2ccc3ccccc3c2)CC1. The molecule has 1 aliphatic heterocycles. The average molecular weight is 399 g/mol. The van der Waals surface area contributed by atoms with Crippen molar-refractivity contribution in [1.82, 2.24) is 9.21 Å². The molecular weight excluding hydrogens is 372 g/mol. The third kappa shape index (κ3) is 4.18. The van der Waals surface area contributed by atoms with Gasteiger partial charge in [-0.15, -0.1) is 13.2 Å². The first-order valence-electron chi connectivity index (χ1n) is 9.47. The molecule has 0 aromatic heterocycles. The van der Waals surface area contributed by atoms with E-state index in [4.69, 9.17) is 0 Å². The minimum absolute atomic E-state index is 0.0440. The predicted molar refractivity (Wildman–Crippen MR) is 112 cm³/mol. The zero-order valence-corrected chi connectivity index (χ0v) is 16.8. The highest BCUT2D eigenvalue weighted by molar-refractivity contribution is 7.89. The van der Waals surface area contributed by atoms with Gasteiger partial charge in [0.15, 0.2) is 0 Å². The number of rotatable bonds is 7. The van der Waals surface area contributed by atoms with Gasteiger partial charge >= 0.3 is 0 Å². The number of sulfonamides is 1. The van der Waals surface area contributed by atoms with E-state index in [2.05, 4.69) is 13.2 Å². The molecule has 0 saturated carbocycles. The Hall–Kier alpha value is -2.44. The van der Waals surface area contributed by atoms with Crippen LogP contribution < -0.4 is 0 Å². The molecule has 5 nitrogen and oxygen atoms in total. The van der Waals surface area contributed by atoms with Crippen LogP contribution in [-0.4, -0.2) is 49.7 Å². The Morgan fingerprint density at radius 1 is 1.04 bits per heavy atom. The largest absolute Gasteiger partial charge is 0.335 e. The Bertz CT molecular complexity index is 966.